The Labute approximate surface area is 359 Å². The molecule has 0 saturated heterocycles. The molecular weight excluding hydrogens is 771 g/mol. The van der Waals surface area contributed by atoms with Gasteiger partial charge in [-0.15, -0.1) is 10.2 Å². The number of hydrogen-bond donors (Lipinski definition) is 5. The van der Waals surface area contributed by atoms with Gasteiger partial charge in [0.2, 0.25) is 17.6 Å². The molecule has 3 aromatic carbocycles. The monoisotopic (exact) mass is 833 g/mol. The van der Waals surface area contributed by atoms with E-state index in [1.807, 2.05) is 70.2 Å². The van der Waals surface area contributed by atoms with Crippen LogP contribution < -0.4 is 21.3 Å². The van der Waals surface area contributed by atoms with Crippen molar-refractivity contribution in [1.29, 1.82) is 0 Å². The average Bonchev–Trinajstić information content (AvgIpc) is 3.76. The summed E-state index contributed by atoms with van der Waals surface area (Å²) in [4.78, 5) is 55.6. The second kappa shape index (κ2) is 19.4. The number of carbonyl (C=O) groups is 4. The van der Waals surface area contributed by atoms with Gasteiger partial charge in [0, 0.05) is 47.8 Å². The Balaban J connectivity index is 1.10. The molecule has 1 heterocycles. The number of carbonyl (C=O) groups excluding carboxylic acids is 4. The number of benzene rings is 3. The highest BCUT2D eigenvalue weighted by atomic mass is 16.6. The Kier molecular flexibility index (Phi) is 14.3. The van der Waals surface area contributed by atoms with E-state index in [0.717, 1.165) is 59.9 Å². The molecule has 0 aliphatic heterocycles. The average molecular weight is 834 g/mol. The van der Waals surface area contributed by atoms with Gasteiger partial charge in [-0.25, -0.2) is 4.79 Å². The van der Waals surface area contributed by atoms with Gasteiger partial charge in [0.25, 0.3) is 5.91 Å². The maximum atomic E-state index is 13.9. The van der Waals surface area contributed by atoms with E-state index in [9.17, 15) is 19.2 Å². The van der Waals surface area contributed by atoms with Crippen molar-refractivity contribution >= 4 is 29.5 Å². The predicted molar refractivity (Wildman–Crippen MR) is 237 cm³/mol. The molecule has 2 aliphatic carbocycles. The molecule has 14 nitrogen and oxygen atoms in total. The number of nitrogens with zero attached hydrogens (tertiary/aromatic N) is 4. The third kappa shape index (κ3) is 12.2. The van der Waals surface area contributed by atoms with E-state index in [1.54, 1.807) is 24.3 Å². The molecule has 0 bridgehead atoms. The highest BCUT2D eigenvalue weighted by Gasteiger charge is 2.38. The molecule has 1 aromatic heterocycles. The number of amides is 4. The molecule has 2 fully saturated rings. The molecule has 61 heavy (non-hydrogen) atoms. The van der Waals surface area contributed by atoms with Gasteiger partial charge in [0.15, 0.2) is 0 Å². The summed E-state index contributed by atoms with van der Waals surface area (Å²) < 4.78 is 5.37. The highest BCUT2D eigenvalue weighted by Crippen LogP contribution is 2.37. The minimum Gasteiger partial charge on any atom is -0.444 e. The Morgan fingerprint density at radius 3 is 2.20 bits per heavy atom. The van der Waals surface area contributed by atoms with Crippen molar-refractivity contribution in [3.05, 3.63) is 83.4 Å². The summed E-state index contributed by atoms with van der Waals surface area (Å²) >= 11 is 0. The number of aromatic amines is 1. The van der Waals surface area contributed by atoms with Gasteiger partial charge in [0.1, 0.15) is 11.6 Å². The number of H-pyrrole nitrogens is 1. The van der Waals surface area contributed by atoms with Crippen LogP contribution in [0.15, 0.2) is 66.7 Å². The van der Waals surface area contributed by atoms with Crippen LogP contribution in [0.4, 0.5) is 10.5 Å². The molecule has 5 N–H and O–H groups in total. The van der Waals surface area contributed by atoms with E-state index in [0.29, 0.717) is 42.5 Å². The summed E-state index contributed by atoms with van der Waals surface area (Å²) in [6.07, 6.45) is 5.74. The number of alkyl carbamates (subject to hydrolysis) is 1. The van der Waals surface area contributed by atoms with Gasteiger partial charge in [-0.05, 0) is 162 Å². The van der Waals surface area contributed by atoms with Gasteiger partial charge in [0.05, 0.1) is 0 Å². The number of ether oxygens (including phenoxy) is 1. The number of hydrogen-bond acceptors (Lipinski definition) is 9. The largest absolute Gasteiger partial charge is 0.444 e. The standard InChI is InChI=1S/C47H63N9O5/c1-29-25-35(43(58)51-40-24-22-37(56(7)8)27-47(40,5)6)19-23-38(29)32-13-9-30(10-14-32)26-39(44(59)49-36-20-17-33(18-21-36)41-52-54-55-53-41)50-42(57)34-15-11-31(12-16-34)28-48-45(60)61-46(2,3)4/h9-10,13-14,17-21,23,25,31,34,37,39-40H,11-12,15-16,22,24,26-28H2,1-8H3,(H,48,60)(H,49,59)(H,50,57)(H,51,58)(H,52,53,54,55)/t31?,34?,37?,39-,40?/m0/s1. The molecule has 4 amide bonds. The van der Waals surface area contributed by atoms with Crippen molar-refractivity contribution < 1.29 is 23.9 Å². The molecule has 2 unspecified atom stereocenters. The fourth-order valence-corrected chi connectivity index (χ4v) is 8.62. The molecule has 0 spiro atoms. The Bertz CT molecular complexity index is 2120. The zero-order valence-corrected chi connectivity index (χ0v) is 36.9. The molecule has 2 aliphatic rings. The molecule has 3 atom stereocenters. The van der Waals surface area contributed by atoms with Crippen LogP contribution >= 0.6 is 0 Å². The Morgan fingerprint density at radius 1 is 0.902 bits per heavy atom. The smallest absolute Gasteiger partial charge is 0.407 e. The van der Waals surface area contributed by atoms with Crippen LogP contribution in [0, 0.1) is 24.2 Å². The summed E-state index contributed by atoms with van der Waals surface area (Å²) in [5.74, 6) is -0.111. The van der Waals surface area contributed by atoms with Gasteiger partial charge in [-0.1, -0.05) is 44.2 Å². The van der Waals surface area contributed by atoms with Crippen LogP contribution in [-0.4, -0.2) is 93.7 Å². The lowest BCUT2D eigenvalue weighted by Crippen LogP contribution is -2.51. The fourth-order valence-electron chi connectivity index (χ4n) is 8.62. The Hall–Kier alpha value is -5.63. The molecule has 14 heteroatoms. The van der Waals surface area contributed by atoms with Gasteiger partial charge in [-0.2, -0.15) is 5.21 Å². The van der Waals surface area contributed by atoms with E-state index < -0.39 is 17.7 Å². The van der Waals surface area contributed by atoms with Crippen LogP contribution in [-0.2, 0) is 20.7 Å². The zero-order chi connectivity index (χ0) is 43.9. The first-order chi connectivity index (χ1) is 28.9. The van der Waals surface area contributed by atoms with Gasteiger partial charge in [-0.3, -0.25) is 14.4 Å². The minimum absolute atomic E-state index is 0.00648. The van der Waals surface area contributed by atoms with E-state index in [2.05, 4.69) is 74.7 Å². The summed E-state index contributed by atoms with van der Waals surface area (Å²) in [6, 6.07) is 20.7. The van der Waals surface area contributed by atoms with Crippen molar-refractivity contribution in [2.45, 2.75) is 117 Å². The minimum atomic E-state index is -0.843. The predicted octanol–water partition coefficient (Wildman–Crippen LogP) is 7.08. The first kappa shape index (κ1) is 44.9. The topological polar surface area (TPSA) is 183 Å². The number of aryl methyl sites for hydroxylation is 1. The maximum absolute atomic E-state index is 13.9. The van der Waals surface area contributed by atoms with Gasteiger partial charge < -0.3 is 30.9 Å². The van der Waals surface area contributed by atoms with Gasteiger partial charge >= 0.3 is 6.09 Å². The number of anilines is 1. The first-order valence-corrected chi connectivity index (χ1v) is 21.5. The first-order valence-electron chi connectivity index (χ1n) is 21.5. The SMILES string of the molecule is Cc1cc(C(=O)NC2CCC(N(C)C)CC2(C)C)ccc1-c1ccc(C[C@H](NC(=O)C2CCC(CNC(=O)OC(C)(C)C)CC2)C(=O)Nc2ccc(-c3nn[nH]n3)cc2)cc1. The summed E-state index contributed by atoms with van der Waals surface area (Å²) in [5.41, 5.74) is 5.24. The van der Waals surface area contributed by atoms with E-state index in [-0.39, 0.29) is 47.4 Å². The number of nitrogens with one attached hydrogen (secondary N) is 5. The van der Waals surface area contributed by atoms with Crippen molar-refractivity contribution in [2.75, 3.05) is 26.0 Å². The van der Waals surface area contributed by atoms with Crippen LogP contribution in [0.5, 0.6) is 0 Å². The molecule has 4 aromatic rings. The summed E-state index contributed by atoms with van der Waals surface area (Å²) in [7, 11) is 4.25. The van der Waals surface area contributed by atoms with Crippen LogP contribution in [0.2, 0.25) is 0 Å². The Morgan fingerprint density at radius 2 is 1.59 bits per heavy atom. The normalized spacial score (nSPS) is 20.6. The quantitative estimate of drug-likeness (QED) is 0.0940. The van der Waals surface area contributed by atoms with E-state index >= 15 is 0 Å². The number of rotatable bonds is 13. The number of aromatic nitrogens is 4. The van der Waals surface area contributed by atoms with Crippen molar-refractivity contribution in [3.63, 3.8) is 0 Å². The molecule has 6 rings (SSSR count). The summed E-state index contributed by atoms with van der Waals surface area (Å²) in [5, 5.41) is 26.3. The third-order valence-electron chi connectivity index (χ3n) is 12.3. The summed E-state index contributed by atoms with van der Waals surface area (Å²) in [6.45, 7) is 12.5. The lowest BCUT2D eigenvalue weighted by atomic mass is 9.71. The van der Waals surface area contributed by atoms with Crippen LogP contribution in [0.25, 0.3) is 22.5 Å². The molecule has 0 radical (unpaired) electrons. The van der Waals surface area contributed by atoms with Crippen molar-refractivity contribution in [3.8, 4) is 22.5 Å². The highest BCUT2D eigenvalue weighted by molar-refractivity contribution is 5.98. The van der Waals surface area contributed by atoms with Crippen molar-refractivity contribution in [2.24, 2.45) is 17.3 Å². The fraction of sp³-hybridized carbons (Fsp3) is 0.511. The van der Waals surface area contributed by atoms with Crippen molar-refractivity contribution in [1.82, 2.24) is 41.5 Å². The third-order valence-corrected chi connectivity index (χ3v) is 12.3. The molecular formula is C47H63N9O5. The van der Waals surface area contributed by atoms with E-state index in [4.69, 9.17) is 4.74 Å². The van der Waals surface area contributed by atoms with Crippen LogP contribution in [0.1, 0.15) is 101 Å². The number of tetrazole rings is 1. The molecule has 326 valence electrons. The lowest BCUT2D eigenvalue weighted by Gasteiger charge is -2.44. The maximum Gasteiger partial charge on any atom is 0.407 e. The molecule has 2 saturated carbocycles. The second-order valence-electron chi connectivity index (χ2n) is 18.8. The van der Waals surface area contributed by atoms with E-state index in [1.165, 1.54) is 0 Å². The zero-order valence-electron chi connectivity index (χ0n) is 36.9. The van der Waals surface area contributed by atoms with Crippen LogP contribution in [0.3, 0.4) is 0 Å². The lowest BCUT2D eigenvalue weighted by molar-refractivity contribution is -0.130. The second-order valence-corrected chi connectivity index (χ2v) is 18.8.